The Kier molecular flexibility index (Phi) is 7.11. The van der Waals surface area contributed by atoms with Crippen LogP contribution >= 0.6 is 0 Å². The van der Waals surface area contributed by atoms with E-state index < -0.39 is 11.8 Å². The second-order valence-corrected chi connectivity index (χ2v) is 8.71. The van der Waals surface area contributed by atoms with Crippen LogP contribution in [-0.2, 0) is 16.1 Å². The van der Waals surface area contributed by atoms with Crippen LogP contribution in [-0.4, -0.2) is 79.6 Å². The molecule has 1 fully saturated rings. The molecule has 4 rings (SSSR count). The van der Waals surface area contributed by atoms with E-state index in [1.807, 2.05) is 36.1 Å². The third kappa shape index (κ3) is 5.17. The van der Waals surface area contributed by atoms with Gasteiger partial charge in [-0.15, -0.1) is 0 Å². The van der Waals surface area contributed by atoms with E-state index in [1.165, 1.54) is 4.57 Å². The molecule has 0 radical (unpaired) electrons. The topological polar surface area (TPSA) is 100 Å². The lowest BCUT2D eigenvalue weighted by Gasteiger charge is -2.42. The van der Waals surface area contributed by atoms with Gasteiger partial charge in [0.1, 0.15) is 11.8 Å². The monoisotopic (exact) mass is 481 g/mol. The number of ether oxygens (including phenoxy) is 1. The Morgan fingerprint density at radius 1 is 1.14 bits per heavy atom. The number of aryl methyl sites for hydroxylation is 1. The molecule has 0 spiro atoms. The molecule has 0 aliphatic carbocycles. The van der Waals surface area contributed by atoms with Gasteiger partial charge in [-0.2, -0.15) is 0 Å². The zero-order chi connectivity index (χ0) is 25.1. The molecule has 2 heterocycles. The molecular formula is C25H31N5O5. The van der Waals surface area contributed by atoms with E-state index in [9.17, 15) is 14.4 Å². The molecule has 1 atom stereocenters. The molecular weight excluding hydrogens is 450 g/mol. The van der Waals surface area contributed by atoms with Crippen molar-refractivity contribution in [2.24, 2.45) is 0 Å². The van der Waals surface area contributed by atoms with Crippen molar-refractivity contribution < 1.29 is 18.7 Å². The minimum Gasteiger partial charge on any atom is -0.497 e. The Bertz CT molecular complexity index is 1260. The first-order valence-electron chi connectivity index (χ1n) is 11.6. The zero-order valence-electron chi connectivity index (χ0n) is 20.5. The summed E-state index contributed by atoms with van der Waals surface area (Å²) in [6.45, 7) is 4.14. The lowest BCUT2D eigenvalue weighted by atomic mass is 10.1. The van der Waals surface area contributed by atoms with Gasteiger partial charge in [-0.05, 0) is 43.3 Å². The van der Waals surface area contributed by atoms with Gasteiger partial charge in [0.15, 0.2) is 5.58 Å². The lowest BCUT2D eigenvalue weighted by Crippen LogP contribution is -2.60. The predicted molar refractivity (Wildman–Crippen MR) is 134 cm³/mol. The third-order valence-corrected chi connectivity index (χ3v) is 6.27. The zero-order valence-corrected chi connectivity index (χ0v) is 20.5. The average Bonchev–Trinajstić information content (AvgIpc) is 3.17. The Morgan fingerprint density at radius 3 is 2.54 bits per heavy atom. The van der Waals surface area contributed by atoms with Crippen molar-refractivity contribution in [3.05, 3.63) is 53.0 Å². The minimum absolute atomic E-state index is 0.0555. The van der Waals surface area contributed by atoms with Gasteiger partial charge >= 0.3 is 5.76 Å². The number of aromatic nitrogens is 1. The fourth-order valence-electron chi connectivity index (χ4n) is 4.40. The summed E-state index contributed by atoms with van der Waals surface area (Å²) in [4.78, 5) is 43.4. The van der Waals surface area contributed by atoms with Crippen molar-refractivity contribution >= 4 is 34.3 Å². The van der Waals surface area contributed by atoms with E-state index in [0.717, 1.165) is 11.4 Å². The Hall–Kier alpha value is -3.79. The largest absolute Gasteiger partial charge is 0.497 e. The summed E-state index contributed by atoms with van der Waals surface area (Å²) >= 11 is 0. The van der Waals surface area contributed by atoms with Gasteiger partial charge in [0.2, 0.25) is 11.8 Å². The van der Waals surface area contributed by atoms with Crippen LogP contribution in [0.5, 0.6) is 5.75 Å². The van der Waals surface area contributed by atoms with Gasteiger partial charge in [-0.1, -0.05) is 0 Å². The van der Waals surface area contributed by atoms with Crippen molar-refractivity contribution in [1.82, 2.24) is 14.4 Å². The summed E-state index contributed by atoms with van der Waals surface area (Å²) in [7, 11) is 5.07. The molecule has 35 heavy (non-hydrogen) atoms. The summed E-state index contributed by atoms with van der Waals surface area (Å²) in [5.74, 6) is 0.0515. The van der Waals surface area contributed by atoms with Crippen LogP contribution in [0.15, 0.2) is 51.7 Å². The van der Waals surface area contributed by atoms with Gasteiger partial charge in [-0.3, -0.25) is 19.1 Å². The first-order valence-corrected chi connectivity index (χ1v) is 11.6. The highest BCUT2D eigenvalue weighted by Gasteiger charge is 2.34. The van der Waals surface area contributed by atoms with Crippen LogP contribution in [0, 0.1) is 0 Å². The fraction of sp³-hybridized carbons (Fsp3) is 0.400. The number of nitrogens with zero attached hydrogens (tertiary/aromatic N) is 4. The Labute approximate surface area is 203 Å². The first-order chi connectivity index (χ1) is 16.8. The maximum Gasteiger partial charge on any atom is 0.419 e. The second kappa shape index (κ2) is 10.2. The number of hydrogen-bond donors (Lipinski definition) is 1. The van der Waals surface area contributed by atoms with E-state index in [4.69, 9.17) is 9.15 Å². The van der Waals surface area contributed by atoms with Crippen molar-refractivity contribution in [2.75, 3.05) is 57.6 Å². The van der Waals surface area contributed by atoms with E-state index in [-0.39, 0.29) is 18.4 Å². The van der Waals surface area contributed by atoms with Crippen LogP contribution < -0.4 is 20.7 Å². The fourth-order valence-corrected chi connectivity index (χ4v) is 4.40. The molecule has 10 nitrogen and oxygen atoms in total. The van der Waals surface area contributed by atoms with E-state index in [1.54, 1.807) is 44.3 Å². The summed E-state index contributed by atoms with van der Waals surface area (Å²) in [5.41, 5.74) is 2.64. The van der Waals surface area contributed by atoms with Crippen molar-refractivity contribution in [1.29, 1.82) is 0 Å². The van der Waals surface area contributed by atoms with Crippen molar-refractivity contribution in [3.63, 3.8) is 0 Å². The highest BCUT2D eigenvalue weighted by Crippen LogP contribution is 2.23. The number of rotatable bonds is 7. The van der Waals surface area contributed by atoms with Gasteiger partial charge < -0.3 is 24.3 Å². The molecule has 0 bridgehead atoms. The van der Waals surface area contributed by atoms with Gasteiger partial charge in [0.25, 0.3) is 0 Å². The quantitative estimate of drug-likeness (QED) is 0.550. The number of hydrogen-bond acceptors (Lipinski definition) is 7. The lowest BCUT2D eigenvalue weighted by molar-refractivity contribution is -0.135. The van der Waals surface area contributed by atoms with Crippen molar-refractivity contribution in [3.8, 4) is 5.75 Å². The SMILES string of the molecule is CCn1c(=O)oc2cc(NC(=O)CN3CCN(c4ccc(OC)cc4)CC3C(=O)N(C)C)ccc21. The molecule has 1 unspecified atom stereocenters. The van der Waals surface area contributed by atoms with E-state index in [2.05, 4.69) is 10.2 Å². The maximum absolute atomic E-state index is 13.0. The summed E-state index contributed by atoms with van der Waals surface area (Å²) in [6, 6.07) is 12.4. The molecule has 0 saturated carbocycles. The van der Waals surface area contributed by atoms with E-state index >= 15 is 0 Å². The van der Waals surface area contributed by atoms with Crippen LogP contribution in [0.2, 0.25) is 0 Å². The average molecular weight is 482 g/mol. The standard InChI is InChI=1S/C25H31N5O5/c1-5-30-20-11-6-17(14-22(20)35-25(30)33)26-23(31)16-29-13-12-28(15-21(29)24(32)27(2)3)18-7-9-19(34-4)10-8-18/h6-11,14,21H,5,12-13,15-16H2,1-4H3,(H,26,31). The molecule has 10 heteroatoms. The van der Waals surface area contributed by atoms with Crippen LogP contribution in [0.1, 0.15) is 6.92 Å². The number of carbonyl (C=O) groups is 2. The highest BCUT2D eigenvalue weighted by molar-refractivity contribution is 5.94. The summed E-state index contributed by atoms with van der Waals surface area (Å²) in [5, 5.41) is 2.87. The van der Waals surface area contributed by atoms with Gasteiger partial charge in [0.05, 0.1) is 19.2 Å². The van der Waals surface area contributed by atoms with Gasteiger partial charge in [-0.25, -0.2) is 4.79 Å². The summed E-state index contributed by atoms with van der Waals surface area (Å²) < 4.78 is 12.1. The molecule has 3 aromatic rings. The molecule has 2 aromatic carbocycles. The number of piperazine rings is 1. The highest BCUT2D eigenvalue weighted by atomic mass is 16.5. The molecule has 2 amide bonds. The number of nitrogens with one attached hydrogen (secondary N) is 1. The predicted octanol–water partition coefficient (Wildman–Crippen LogP) is 1.84. The molecule has 1 saturated heterocycles. The molecule has 1 aliphatic heterocycles. The first kappa shape index (κ1) is 24.3. The number of likely N-dealkylation sites (N-methyl/N-ethyl adjacent to an activating group) is 1. The number of anilines is 2. The number of oxazole rings is 1. The number of amides is 2. The third-order valence-electron chi connectivity index (χ3n) is 6.27. The second-order valence-electron chi connectivity index (χ2n) is 8.71. The smallest absolute Gasteiger partial charge is 0.419 e. The van der Waals surface area contributed by atoms with Crippen molar-refractivity contribution in [2.45, 2.75) is 19.5 Å². The minimum atomic E-state index is -0.467. The molecule has 186 valence electrons. The normalized spacial score (nSPS) is 16.3. The molecule has 1 aliphatic rings. The number of fused-ring (bicyclic) bond motifs is 1. The Morgan fingerprint density at radius 2 is 1.89 bits per heavy atom. The number of methoxy groups -OCH3 is 1. The number of benzene rings is 2. The molecule has 1 N–H and O–H groups in total. The van der Waals surface area contributed by atoms with Crippen LogP contribution in [0.4, 0.5) is 11.4 Å². The van der Waals surface area contributed by atoms with Crippen LogP contribution in [0.25, 0.3) is 11.1 Å². The van der Waals surface area contributed by atoms with Crippen LogP contribution in [0.3, 0.4) is 0 Å². The number of carbonyl (C=O) groups excluding carboxylic acids is 2. The summed E-state index contributed by atoms with van der Waals surface area (Å²) in [6.07, 6.45) is 0. The van der Waals surface area contributed by atoms with E-state index in [0.29, 0.717) is 43.0 Å². The molecule has 1 aromatic heterocycles. The Balaban J connectivity index is 1.46. The maximum atomic E-state index is 13.0. The van der Waals surface area contributed by atoms with Gasteiger partial charge in [0, 0.05) is 57.7 Å².